The Kier molecular flexibility index (Phi) is 66.5. The maximum Gasteiger partial charge on any atom is 0.214 e. The van der Waals surface area contributed by atoms with Gasteiger partial charge < -0.3 is 20.5 Å². The van der Waals surface area contributed by atoms with Crippen LogP contribution in [-0.4, -0.2) is 54.2 Å². The fourth-order valence-electron chi connectivity index (χ4n) is 0. The average Bonchev–Trinajstić information content (AvgIpc) is 2.20. The molecule has 0 heterocycles. The summed E-state index contributed by atoms with van der Waals surface area (Å²) in [4.78, 5) is 20.7. The topological polar surface area (TPSA) is 83.6 Å². The minimum Gasteiger partial charge on any atom is -0.394 e. The summed E-state index contributed by atoms with van der Waals surface area (Å²) >= 11 is 3.97. The van der Waals surface area contributed by atoms with Gasteiger partial charge in [0.15, 0.2) is 0 Å². The Labute approximate surface area is 183 Å². The Morgan fingerprint density at radius 1 is 0.857 bits per heavy atom. The molecule has 0 aliphatic carbocycles. The van der Waals surface area contributed by atoms with Crippen molar-refractivity contribution < 1.29 is 14.7 Å². The summed E-state index contributed by atoms with van der Waals surface area (Å²) in [5, 5.41) is 8.58. The number of carbonyl (C=O) groups excluding carboxylic acids is 2. The lowest BCUT2D eigenvalue weighted by molar-refractivity contribution is -0.116. The summed E-state index contributed by atoms with van der Waals surface area (Å²) in [5.41, 5.74) is 5.64. The van der Waals surface area contributed by atoms with E-state index in [9.17, 15) is 9.59 Å². The minimum absolute atomic E-state index is 0.167. The highest BCUT2D eigenvalue weighted by molar-refractivity contribution is 7.80. The van der Waals surface area contributed by atoms with E-state index in [1.165, 1.54) is 26.3 Å². The predicted octanol–water partition coefficient (Wildman–Crippen LogP) is 5.22. The first-order valence-corrected chi connectivity index (χ1v) is 9.97. The SMILES string of the molecule is C=C(C)C.CC(C)=O.CC(C)C.CC(C)O.CC(C)S.CC(N)=O.CN(C)C. The van der Waals surface area contributed by atoms with Crippen LogP contribution in [0, 0.1) is 5.92 Å². The molecule has 0 atom stereocenters. The molecule has 176 valence electrons. The minimum atomic E-state index is -0.333. The van der Waals surface area contributed by atoms with Crippen molar-refractivity contribution in [1.29, 1.82) is 0 Å². The van der Waals surface area contributed by atoms with Crippen molar-refractivity contribution in [1.82, 2.24) is 4.90 Å². The fraction of sp³-hybridized carbons (Fsp3) is 0.818. The van der Waals surface area contributed by atoms with Crippen molar-refractivity contribution in [3.05, 3.63) is 12.2 Å². The molecule has 0 fully saturated rings. The highest BCUT2D eigenvalue weighted by Crippen LogP contribution is 1.83. The number of Topliss-reactive ketones (excluding diaryl/α,β-unsaturated/α-hetero) is 1. The van der Waals surface area contributed by atoms with Crippen molar-refractivity contribution >= 4 is 24.3 Å². The molecular weight excluding hydrogens is 372 g/mol. The van der Waals surface area contributed by atoms with Gasteiger partial charge in [-0.15, -0.1) is 6.58 Å². The first-order valence-electron chi connectivity index (χ1n) is 9.45. The summed E-state index contributed by atoms with van der Waals surface area (Å²) in [7, 11) is 6.00. The Morgan fingerprint density at radius 2 is 0.857 bits per heavy atom. The van der Waals surface area contributed by atoms with E-state index in [-0.39, 0.29) is 17.8 Å². The predicted molar refractivity (Wildman–Crippen MR) is 133 cm³/mol. The van der Waals surface area contributed by atoms with Gasteiger partial charge in [-0.25, -0.2) is 0 Å². The number of hydrogen-bond acceptors (Lipinski definition) is 5. The highest BCUT2D eigenvalue weighted by atomic mass is 32.1. The molecule has 0 aromatic heterocycles. The van der Waals surface area contributed by atoms with E-state index in [1.807, 2.05) is 53.7 Å². The Morgan fingerprint density at radius 3 is 0.857 bits per heavy atom. The molecule has 0 saturated carbocycles. The van der Waals surface area contributed by atoms with Crippen LogP contribution in [0.15, 0.2) is 12.2 Å². The third-order valence-electron chi connectivity index (χ3n) is 0. The van der Waals surface area contributed by atoms with Gasteiger partial charge in [-0.3, -0.25) is 4.79 Å². The molecule has 0 unspecified atom stereocenters. The second-order valence-electron chi connectivity index (χ2n) is 7.99. The maximum absolute atomic E-state index is 9.44. The number of carbonyl (C=O) groups is 2. The molecule has 28 heavy (non-hydrogen) atoms. The molecule has 0 aliphatic heterocycles. The van der Waals surface area contributed by atoms with Gasteiger partial charge in [0, 0.05) is 13.0 Å². The number of rotatable bonds is 0. The molecule has 6 heteroatoms. The second-order valence-corrected chi connectivity index (χ2v) is 9.02. The van der Waals surface area contributed by atoms with Crippen molar-refractivity contribution in [2.75, 3.05) is 21.1 Å². The zero-order chi connectivity index (χ0) is 25.0. The summed E-state index contributed by atoms with van der Waals surface area (Å²) < 4.78 is 0. The zero-order valence-corrected chi connectivity index (χ0v) is 22.6. The first kappa shape index (κ1) is 45.7. The maximum atomic E-state index is 9.44. The third-order valence-corrected chi connectivity index (χ3v) is 0. The van der Waals surface area contributed by atoms with Crippen LogP contribution < -0.4 is 5.73 Å². The first-order chi connectivity index (χ1) is 12.1. The molecule has 3 N–H and O–H groups in total. The number of thiol groups is 1. The molecule has 0 rings (SSSR count). The molecule has 0 spiro atoms. The molecule has 0 aliphatic rings. The van der Waals surface area contributed by atoms with E-state index in [0.29, 0.717) is 5.25 Å². The zero-order valence-electron chi connectivity index (χ0n) is 21.7. The van der Waals surface area contributed by atoms with Crippen molar-refractivity contribution in [2.24, 2.45) is 11.7 Å². The molecule has 0 radical (unpaired) electrons. The number of allylic oxidation sites excluding steroid dienone is 1. The average molecular weight is 427 g/mol. The Bertz CT molecular complexity index is 229. The van der Waals surface area contributed by atoms with E-state index in [4.69, 9.17) is 5.11 Å². The second kappa shape index (κ2) is 40.7. The van der Waals surface area contributed by atoms with Gasteiger partial charge in [0.25, 0.3) is 0 Å². The van der Waals surface area contributed by atoms with E-state index in [0.717, 1.165) is 5.92 Å². The molecular formula is C22H54N2O3S. The van der Waals surface area contributed by atoms with E-state index < -0.39 is 0 Å². The van der Waals surface area contributed by atoms with Gasteiger partial charge in [0.2, 0.25) is 5.91 Å². The van der Waals surface area contributed by atoms with Crippen molar-refractivity contribution in [3.63, 3.8) is 0 Å². The number of aliphatic hydroxyl groups is 1. The van der Waals surface area contributed by atoms with Crippen LogP contribution in [0.25, 0.3) is 0 Å². The van der Waals surface area contributed by atoms with Crippen LogP contribution in [0.4, 0.5) is 0 Å². The molecule has 5 nitrogen and oxygen atoms in total. The number of ketones is 1. The van der Waals surface area contributed by atoms with Crippen molar-refractivity contribution in [2.45, 2.75) is 94.4 Å². The normalized spacial score (nSPS) is 7.89. The van der Waals surface area contributed by atoms with E-state index in [2.05, 4.69) is 45.7 Å². The number of hydrogen-bond donors (Lipinski definition) is 3. The van der Waals surface area contributed by atoms with Crippen LogP contribution in [0.3, 0.4) is 0 Å². The van der Waals surface area contributed by atoms with Crippen molar-refractivity contribution in [3.8, 4) is 0 Å². The summed E-state index contributed by atoms with van der Waals surface area (Å²) in [5.74, 6) is 0.667. The number of nitrogens with two attached hydrogens (primary N) is 1. The van der Waals surface area contributed by atoms with Crippen LogP contribution in [0.1, 0.15) is 83.1 Å². The van der Waals surface area contributed by atoms with Gasteiger partial charge in [-0.1, -0.05) is 40.2 Å². The number of amides is 1. The highest BCUT2D eigenvalue weighted by Gasteiger charge is 1.69. The lowest BCUT2D eigenvalue weighted by atomic mass is 10.3. The molecule has 1 amide bonds. The Hall–Kier alpha value is -0.850. The van der Waals surface area contributed by atoms with Crippen LogP contribution in [-0.2, 0) is 9.59 Å². The lowest BCUT2D eigenvalue weighted by Gasteiger charge is -1.90. The van der Waals surface area contributed by atoms with Crippen LogP contribution in [0.5, 0.6) is 0 Å². The smallest absolute Gasteiger partial charge is 0.214 e. The van der Waals surface area contributed by atoms with E-state index >= 15 is 0 Å². The quantitative estimate of drug-likeness (QED) is 0.366. The van der Waals surface area contributed by atoms with Crippen LogP contribution >= 0.6 is 12.6 Å². The van der Waals surface area contributed by atoms with E-state index in [1.54, 1.807) is 13.8 Å². The summed E-state index contributed by atoms with van der Waals surface area (Å²) in [6.07, 6.45) is -0.167. The fourth-order valence-corrected chi connectivity index (χ4v) is 0. The largest absolute Gasteiger partial charge is 0.394 e. The number of nitrogens with zero attached hydrogens (tertiary/aromatic N) is 1. The lowest BCUT2D eigenvalue weighted by Crippen LogP contribution is -2.01. The molecule has 0 bridgehead atoms. The van der Waals surface area contributed by atoms with Gasteiger partial charge in [-0.2, -0.15) is 12.6 Å². The van der Waals surface area contributed by atoms with Gasteiger partial charge in [0.1, 0.15) is 5.78 Å². The molecule has 0 aromatic rings. The summed E-state index contributed by atoms with van der Waals surface area (Å²) in [6.45, 7) is 25.9. The number of primary amides is 1. The third kappa shape index (κ3) is 20300. The monoisotopic (exact) mass is 426 g/mol. The number of aliphatic hydroxyl groups excluding tert-OH is 1. The van der Waals surface area contributed by atoms with Gasteiger partial charge >= 0.3 is 0 Å². The van der Waals surface area contributed by atoms with Gasteiger partial charge in [-0.05, 0) is 73.9 Å². The Balaban J connectivity index is -0.0000000367. The molecule has 0 aromatic carbocycles. The standard InChI is InChI=1S/C4H10.C4H8.C3H9N.C3H8O.C3H6O.C3H8S.C2H5NO/c3*1-4(2)3;3*1-3(2)4;1-2(3)4/h4H,1-3H3;1H2,2-3H3;1-3H3;3-4H,1-2H3;1-2H3;3-4H,1-2H3;1H3,(H2,3,4). The van der Waals surface area contributed by atoms with Gasteiger partial charge in [0.05, 0.1) is 0 Å². The summed E-state index contributed by atoms with van der Waals surface area (Å²) in [6, 6.07) is 0. The van der Waals surface area contributed by atoms with Crippen LogP contribution in [0.2, 0.25) is 0 Å². The molecule has 0 saturated heterocycles.